The van der Waals surface area contributed by atoms with Gasteiger partial charge in [-0.3, -0.25) is 4.79 Å². The van der Waals surface area contributed by atoms with Crippen molar-refractivity contribution >= 4 is 17.6 Å². The molecule has 2 aromatic rings. The van der Waals surface area contributed by atoms with Crippen LogP contribution in [0.5, 0.6) is 5.75 Å². The van der Waals surface area contributed by atoms with Crippen molar-refractivity contribution in [1.82, 2.24) is 0 Å². The highest BCUT2D eigenvalue weighted by Crippen LogP contribution is 2.25. The average Bonchev–Trinajstić information content (AvgIpc) is 2.64. The lowest BCUT2D eigenvalue weighted by atomic mass is 10.1. The molecule has 0 spiro atoms. The fourth-order valence-electron chi connectivity index (χ4n) is 2.86. The molecule has 0 radical (unpaired) electrons. The van der Waals surface area contributed by atoms with Crippen molar-refractivity contribution < 1.29 is 28.6 Å². The molecule has 1 amide bonds. The van der Waals surface area contributed by atoms with E-state index in [2.05, 4.69) is 5.32 Å². The summed E-state index contributed by atoms with van der Waals surface area (Å²) in [7, 11) is 0. The summed E-state index contributed by atoms with van der Waals surface area (Å²) in [4.78, 5) is 23.1. The van der Waals surface area contributed by atoms with Gasteiger partial charge in [-0.25, -0.2) is 9.18 Å². The molecule has 1 aliphatic rings. The topological polar surface area (TPSA) is 84.9 Å². The Kier molecular flexibility index (Phi) is 5.71. The molecule has 2 N–H and O–H groups in total. The molecule has 142 valence electrons. The van der Waals surface area contributed by atoms with Crippen LogP contribution in [0.25, 0.3) is 0 Å². The Hall–Kier alpha value is -2.93. The maximum absolute atomic E-state index is 14.0. The zero-order valence-electron chi connectivity index (χ0n) is 14.8. The lowest BCUT2D eigenvalue weighted by molar-refractivity contribution is 0.0253. The first-order valence-electron chi connectivity index (χ1n) is 8.63. The predicted molar refractivity (Wildman–Crippen MR) is 97.0 cm³/mol. The summed E-state index contributed by atoms with van der Waals surface area (Å²) in [5, 5.41) is 11.5. The van der Waals surface area contributed by atoms with Gasteiger partial charge in [0.05, 0.1) is 24.3 Å². The molecule has 6 nitrogen and oxygen atoms in total. The van der Waals surface area contributed by atoms with E-state index in [4.69, 9.17) is 14.6 Å². The smallest absolute Gasteiger partial charge is 0.335 e. The summed E-state index contributed by atoms with van der Waals surface area (Å²) in [6.45, 7) is 3.24. The zero-order valence-corrected chi connectivity index (χ0v) is 14.8. The second-order valence-corrected chi connectivity index (χ2v) is 6.36. The average molecular weight is 373 g/mol. The summed E-state index contributed by atoms with van der Waals surface area (Å²) in [6, 6.07) is 8.37. The fraction of sp³-hybridized carbons (Fsp3) is 0.300. The minimum Gasteiger partial charge on any atom is -0.490 e. The van der Waals surface area contributed by atoms with Gasteiger partial charge >= 0.3 is 5.97 Å². The Morgan fingerprint density at radius 2 is 1.93 bits per heavy atom. The second kappa shape index (κ2) is 8.18. The highest BCUT2D eigenvalue weighted by molar-refractivity contribution is 6.05. The van der Waals surface area contributed by atoms with Crippen LogP contribution in [0.15, 0.2) is 36.4 Å². The molecule has 1 saturated heterocycles. The van der Waals surface area contributed by atoms with E-state index in [0.29, 0.717) is 18.9 Å². The molecule has 3 rings (SSSR count). The first-order valence-corrected chi connectivity index (χ1v) is 8.63. The minimum atomic E-state index is -1.25. The van der Waals surface area contributed by atoms with Crippen LogP contribution >= 0.6 is 0 Å². The Labute approximate surface area is 155 Å². The quantitative estimate of drug-likeness (QED) is 0.836. The number of ether oxygens (including phenoxy) is 2. The number of benzene rings is 2. The highest BCUT2D eigenvalue weighted by atomic mass is 19.1. The lowest BCUT2D eigenvalue weighted by Crippen LogP contribution is -2.26. The number of halogens is 1. The number of amides is 1. The molecule has 1 heterocycles. The van der Waals surface area contributed by atoms with Crippen LogP contribution in [0, 0.1) is 12.7 Å². The Morgan fingerprint density at radius 1 is 1.19 bits per heavy atom. The standard InChI is InChI=1S/C20H20FNO5/c1-12-10-14(3-5-18(12)27-15-6-8-26-9-7-15)22-19(23)16-4-2-13(20(24)25)11-17(16)21/h2-5,10-11,15H,6-9H2,1H3,(H,22,23)(H,24,25). The van der Waals surface area contributed by atoms with Crippen LogP contribution in [0.3, 0.4) is 0 Å². The molecule has 0 atom stereocenters. The number of carbonyl (C=O) groups is 2. The van der Waals surface area contributed by atoms with Crippen molar-refractivity contribution in [3.8, 4) is 5.75 Å². The van der Waals surface area contributed by atoms with Gasteiger partial charge in [-0.2, -0.15) is 0 Å². The third-order valence-corrected chi connectivity index (χ3v) is 4.36. The lowest BCUT2D eigenvalue weighted by Gasteiger charge is -2.24. The van der Waals surface area contributed by atoms with E-state index in [1.165, 1.54) is 6.07 Å². The number of carbonyl (C=O) groups excluding carboxylic acids is 1. The monoisotopic (exact) mass is 373 g/mol. The molecule has 0 aliphatic carbocycles. The Bertz CT molecular complexity index is 861. The molecule has 7 heteroatoms. The van der Waals surface area contributed by atoms with E-state index in [1.807, 2.05) is 6.92 Å². The molecule has 2 aromatic carbocycles. The fourth-order valence-corrected chi connectivity index (χ4v) is 2.86. The molecular formula is C20H20FNO5. The van der Waals surface area contributed by atoms with Gasteiger partial charge in [0.25, 0.3) is 5.91 Å². The van der Waals surface area contributed by atoms with Crippen molar-refractivity contribution in [2.45, 2.75) is 25.9 Å². The van der Waals surface area contributed by atoms with Crippen molar-refractivity contribution in [2.24, 2.45) is 0 Å². The van der Waals surface area contributed by atoms with Crippen LogP contribution < -0.4 is 10.1 Å². The predicted octanol–water partition coefficient (Wildman–Crippen LogP) is 3.64. The van der Waals surface area contributed by atoms with Gasteiger partial charge in [-0.15, -0.1) is 0 Å². The summed E-state index contributed by atoms with van der Waals surface area (Å²) in [5.41, 5.74) is 0.911. The minimum absolute atomic E-state index is 0.111. The van der Waals surface area contributed by atoms with Crippen LogP contribution in [0.2, 0.25) is 0 Å². The number of rotatable bonds is 5. The number of anilines is 1. The van der Waals surface area contributed by atoms with Gasteiger partial charge in [0.2, 0.25) is 0 Å². The number of nitrogens with one attached hydrogen (secondary N) is 1. The highest BCUT2D eigenvalue weighted by Gasteiger charge is 2.17. The molecule has 0 saturated carbocycles. The van der Waals surface area contributed by atoms with E-state index in [1.54, 1.807) is 18.2 Å². The van der Waals surface area contributed by atoms with Crippen molar-refractivity contribution in [3.05, 3.63) is 58.9 Å². The summed E-state index contributed by atoms with van der Waals surface area (Å²) < 4.78 is 25.3. The van der Waals surface area contributed by atoms with Gasteiger partial charge in [-0.05, 0) is 48.9 Å². The first-order chi connectivity index (χ1) is 12.9. The first kappa shape index (κ1) is 18.8. The number of carboxylic acid groups (broad SMARTS) is 1. The number of aryl methyl sites for hydroxylation is 1. The maximum Gasteiger partial charge on any atom is 0.335 e. The molecule has 1 fully saturated rings. The largest absolute Gasteiger partial charge is 0.490 e. The Balaban J connectivity index is 1.69. The van der Waals surface area contributed by atoms with Gasteiger partial charge in [0.15, 0.2) is 0 Å². The van der Waals surface area contributed by atoms with Crippen molar-refractivity contribution in [3.63, 3.8) is 0 Å². The number of aromatic carboxylic acids is 1. The molecule has 0 unspecified atom stereocenters. The molecule has 0 bridgehead atoms. The van der Waals surface area contributed by atoms with Crippen LogP contribution in [0.4, 0.5) is 10.1 Å². The van der Waals surface area contributed by atoms with Gasteiger partial charge in [0.1, 0.15) is 17.7 Å². The van der Waals surface area contributed by atoms with E-state index in [9.17, 15) is 14.0 Å². The third-order valence-electron chi connectivity index (χ3n) is 4.36. The van der Waals surface area contributed by atoms with E-state index in [0.717, 1.165) is 36.3 Å². The molecule has 1 aliphatic heterocycles. The van der Waals surface area contributed by atoms with Gasteiger partial charge in [-0.1, -0.05) is 0 Å². The second-order valence-electron chi connectivity index (χ2n) is 6.36. The number of carboxylic acids is 1. The zero-order chi connectivity index (χ0) is 19.4. The van der Waals surface area contributed by atoms with Crippen molar-refractivity contribution in [2.75, 3.05) is 18.5 Å². The summed E-state index contributed by atoms with van der Waals surface area (Å²) >= 11 is 0. The molecule has 27 heavy (non-hydrogen) atoms. The van der Waals surface area contributed by atoms with Crippen LogP contribution in [-0.4, -0.2) is 36.3 Å². The van der Waals surface area contributed by atoms with Gasteiger partial charge in [0, 0.05) is 18.5 Å². The Morgan fingerprint density at radius 3 is 2.56 bits per heavy atom. The van der Waals surface area contributed by atoms with Crippen molar-refractivity contribution in [1.29, 1.82) is 0 Å². The normalized spacial score (nSPS) is 14.6. The van der Waals surface area contributed by atoms with E-state index >= 15 is 0 Å². The number of hydrogen-bond donors (Lipinski definition) is 2. The summed E-state index contributed by atoms with van der Waals surface area (Å²) in [5.74, 6) is -2.06. The van der Waals surface area contributed by atoms with Crippen LogP contribution in [0.1, 0.15) is 39.1 Å². The molecule has 0 aromatic heterocycles. The van der Waals surface area contributed by atoms with E-state index in [-0.39, 0.29) is 17.2 Å². The third kappa shape index (κ3) is 4.62. The van der Waals surface area contributed by atoms with Gasteiger partial charge < -0.3 is 19.9 Å². The molecular weight excluding hydrogens is 353 g/mol. The number of hydrogen-bond acceptors (Lipinski definition) is 4. The van der Waals surface area contributed by atoms with Crippen LogP contribution in [-0.2, 0) is 4.74 Å². The summed E-state index contributed by atoms with van der Waals surface area (Å²) in [6.07, 6.45) is 1.78. The SMILES string of the molecule is Cc1cc(NC(=O)c2ccc(C(=O)O)cc2F)ccc1OC1CCOCC1. The van der Waals surface area contributed by atoms with E-state index < -0.39 is 17.7 Å². The maximum atomic E-state index is 14.0.